The van der Waals surface area contributed by atoms with Gasteiger partial charge in [0.05, 0.1) is 15.2 Å². The fraction of sp³-hybridized carbons (Fsp3) is 0.500. The highest BCUT2D eigenvalue weighted by atomic mass is 32.1. The van der Waals surface area contributed by atoms with Crippen molar-refractivity contribution in [3.05, 3.63) is 23.2 Å². The number of fused-ring (bicyclic) bond motifs is 2. The summed E-state index contributed by atoms with van der Waals surface area (Å²) in [5.74, 6) is 2.67. The number of nitrogen functional groups attached to an aromatic ring is 1. The van der Waals surface area contributed by atoms with E-state index in [2.05, 4.69) is 12.1 Å². The number of thiazole rings is 1. The summed E-state index contributed by atoms with van der Waals surface area (Å²) in [7, 11) is 0. The van der Waals surface area contributed by atoms with E-state index < -0.39 is 0 Å². The second kappa shape index (κ2) is 3.45. The molecule has 2 fully saturated rings. The summed E-state index contributed by atoms with van der Waals surface area (Å²) in [5.41, 5.74) is 7.80. The van der Waals surface area contributed by atoms with Crippen LogP contribution in [0.2, 0.25) is 0 Å². The molecule has 3 heteroatoms. The Kier molecular flexibility index (Phi) is 2.01. The zero-order valence-electron chi connectivity index (χ0n) is 9.73. The van der Waals surface area contributed by atoms with Gasteiger partial charge in [-0.25, -0.2) is 4.98 Å². The number of anilines is 1. The molecular formula is C14H16N2S. The number of nitrogens with zero attached hydrogens (tertiary/aromatic N) is 1. The highest BCUT2D eigenvalue weighted by molar-refractivity contribution is 7.18. The minimum Gasteiger partial charge on any atom is -0.399 e. The Bertz CT molecular complexity index is 563. The number of hydrogen-bond donors (Lipinski definition) is 1. The normalized spacial score (nSPS) is 31.4. The van der Waals surface area contributed by atoms with Crippen molar-refractivity contribution in [2.45, 2.75) is 31.6 Å². The molecule has 2 aliphatic rings. The average Bonchev–Trinajstić information content (AvgIpc) is 2.93. The first kappa shape index (κ1) is 9.89. The molecule has 1 aromatic carbocycles. The summed E-state index contributed by atoms with van der Waals surface area (Å²) in [6.45, 7) is 0. The largest absolute Gasteiger partial charge is 0.399 e. The molecular weight excluding hydrogens is 228 g/mol. The highest BCUT2D eigenvalue weighted by Crippen LogP contribution is 2.62. The minimum atomic E-state index is 0.774. The van der Waals surface area contributed by atoms with Gasteiger partial charge in [-0.05, 0) is 42.9 Å². The van der Waals surface area contributed by atoms with Gasteiger partial charge >= 0.3 is 0 Å². The van der Waals surface area contributed by atoms with Gasteiger partial charge in [-0.3, -0.25) is 0 Å². The lowest BCUT2D eigenvalue weighted by molar-refractivity contribution is 0.480. The molecule has 0 spiro atoms. The Morgan fingerprint density at radius 2 is 1.94 bits per heavy atom. The quantitative estimate of drug-likeness (QED) is 0.775. The van der Waals surface area contributed by atoms with Gasteiger partial charge in [-0.2, -0.15) is 0 Å². The van der Waals surface area contributed by atoms with Crippen LogP contribution in [-0.2, 0) is 0 Å². The Morgan fingerprint density at radius 1 is 1.18 bits per heavy atom. The van der Waals surface area contributed by atoms with E-state index >= 15 is 0 Å². The third kappa shape index (κ3) is 1.48. The molecule has 88 valence electrons. The van der Waals surface area contributed by atoms with Crippen LogP contribution in [-0.4, -0.2) is 4.98 Å². The molecule has 0 bridgehead atoms. The van der Waals surface area contributed by atoms with Gasteiger partial charge < -0.3 is 5.73 Å². The van der Waals surface area contributed by atoms with Crippen molar-refractivity contribution < 1.29 is 0 Å². The van der Waals surface area contributed by atoms with Gasteiger partial charge in [0.2, 0.25) is 0 Å². The number of benzene rings is 1. The molecule has 17 heavy (non-hydrogen) atoms. The van der Waals surface area contributed by atoms with Crippen LogP contribution in [0, 0.1) is 11.8 Å². The minimum absolute atomic E-state index is 0.774. The summed E-state index contributed by atoms with van der Waals surface area (Å²) >= 11 is 1.86. The lowest BCUT2D eigenvalue weighted by Crippen LogP contribution is -1.91. The standard InChI is InChI=1S/C14H16N2S/c15-8-5-6-11-12(7-8)17-14(16-11)13-9-3-1-2-4-10(9)13/h5-7,9-10,13H,1-4,15H2. The molecule has 2 aliphatic carbocycles. The Labute approximate surface area is 105 Å². The van der Waals surface area contributed by atoms with Gasteiger partial charge in [-0.1, -0.05) is 12.8 Å². The van der Waals surface area contributed by atoms with E-state index in [1.165, 1.54) is 35.4 Å². The van der Waals surface area contributed by atoms with E-state index in [0.29, 0.717) is 0 Å². The zero-order chi connectivity index (χ0) is 11.4. The van der Waals surface area contributed by atoms with Crippen LogP contribution in [0.5, 0.6) is 0 Å². The molecule has 0 saturated heterocycles. The summed E-state index contributed by atoms with van der Waals surface area (Å²) in [4.78, 5) is 4.80. The zero-order valence-corrected chi connectivity index (χ0v) is 10.5. The third-order valence-electron chi connectivity index (χ3n) is 4.37. The van der Waals surface area contributed by atoms with Crippen LogP contribution in [0.15, 0.2) is 18.2 Å². The number of hydrogen-bond acceptors (Lipinski definition) is 3. The van der Waals surface area contributed by atoms with E-state index in [9.17, 15) is 0 Å². The molecule has 2 aromatic rings. The fourth-order valence-corrected chi connectivity index (χ4v) is 4.73. The van der Waals surface area contributed by atoms with Crippen molar-refractivity contribution in [1.82, 2.24) is 4.98 Å². The third-order valence-corrected chi connectivity index (χ3v) is 5.49. The van der Waals surface area contributed by atoms with Gasteiger partial charge in [-0.15, -0.1) is 11.3 Å². The molecule has 2 unspecified atom stereocenters. The Balaban J connectivity index is 1.72. The van der Waals surface area contributed by atoms with Crippen LogP contribution < -0.4 is 5.73 Å². The highest BCUT2D eigenvalue weighted by Gasteiger charge is 2.52. The second-order valence-corrected chi connectivity index (χ2v) is 6.48. The van der Waals surface area contributed by atoms with Crippen LogP contribution in [0.3, 0.4) is 0 Å². The smallest absolute Gasteiger partial charge is 0.0975 e. The monoisotopic (exact) mass is 244 g/mol. The summed E-state index contributed by atoms with van der Waals surface area (Å²) in [6.07, 6.45) is 5.70. The molecule has 0 radical (unpaired) electrons. The van der Waals surface area contributed by atoms with Gasteiger partial charge in [0, 0.05) is 11.6 Å². The van der Waals surface area contributed by atoms with Crippen molar-refractivity contribution in [2.24, 2.45) is 11.8 Å². The lowest BCUT2D eigenvalue weighted by Gasteiger charge is -2.04. The first-order chi connectivity index (χ1) is 8.33. The van der Waals surface area contributed by atoms with Crippen LogP contribution in [0.1, 0.15) is 36.6 Å². The topological polar surface area (TPSA) is 38.9 Å². The van der Waals surface area contributed by atoms with Gasteiger partial charge in [0.15, 0.2) is 0 Å². The molecule has 2 N–H and O–H groups in total. The van der Waals surface area contributed by atoms with E-state index in [0.717, 1.165) is 29.0 Å². The van der Waals surface area contributed by atoms with Crippen LogP contribution >= 0.6 is 11.3 Å². The number of nitrogens with two attached hydrogens (primary N) is 1. The van der Waals surface area contributed by atoms with Crippen molar-refractivity contribution in [1.29, 1.82) is 0 Å². The molecule has 2 saturated carbocycles. The molecule has 4 rings (SSSR count). The van der Waals surface area contributed by atoms with Crippen molar-refractivity contribution in [3.63, 3.8) is 0 Å². The molecule has 2 nitrogen and oxygen atoms in total. The summed E-state index contributed by atoms with van der Waals surface area (Å²) in [5, 5.41) is 1.36. The molecule has 0 amide bonds. The first-order valence-corrected chi connectivity index (χ1v) is 7.30. The number of aromatic nitrogens is 1. The first-order valence-electron chi connectivity index (χ1n) is 6.49. The second-order valence-electron chi connectivity index (χ2n) is 5.42. The summed E-state index contributed by atoms with van der Waals surface area (Å²) < 4.78 is 1.25. The molecule has 2 atom stereocenters. The van der Waals surface area contributed by atoms with Crippen LogP contribution in [0.25, 0.3) is 10.2 Å². The molecule has 1 heterocycles. The fourth-order valence-electron chi connectivity index (χ4n) is 3.46. The maximum atomic E-state index is 5.82. The maximum absolute atomic E-state index is 5.82. The maximum Gasteiger partial charge on any atom is 0.0975 e. The van der Waals surface area contributed by atoms with E-state index in [-0.39, 0.29) is 0 Å². The predicted octanol–water partition coefficient (Wildman–Crippen LogP) is 3.78. The van der Waals surface area contributed by atoms with E-state index in [1.54, 1.807) is 0 Å². The van der Waals surface area contributed by atoms with Crippen molar-refractivity contribution in [2.75, 3.05) is 5.73 Å². The number of rotatable bonds is 1. The lowest BCUT2D eigenvalue weighted by atomic mass is 10.0. The van der Waals surface area contributed by atoms with Crippen LogP contribution in [0.4, 0.5) is 5.69 Å². The van der Waals surface area contributed by atoms with Crippen molar-refractivity contribution in [3.8, 4) is 0 Å². The molecule has 1 aromatic heterocycles. The average molecular weight is 244 g/mol. The Morgan fingerprint density at radius 3 is 2.71 bits per heavy atom. The summed E-state index contributed by atoms with van der Waals surface area (Å²) in [6, 6.07) is 6.06. The van der Waals surface area contributed by atoms with E-state index in [1.807, 2.05) is 17.4 Å². The van der Waals surface area contributed by atoms with Gasteiger partial charge in [0.1, 0.15) is 0 Å². The van der Waals surface area contributed by atoms with Crippen molar-refractivity contribution >= 4 is 27.2 Å². The molecule has 0 aliphatic heterocycles. The Hall–Kier alpha value is -1.09. The predicted molar refractivity (Wildman–Crippen MR) is 72.2 cm³/mol. The van der Waals surface area contributed by atoms with Gasteiger partial charge in [0.25, 0.3) is 0 Å². The SMILES string of the molecule is Nc1ccc2nc(C3C4CCCCC43)sc2c1. The van der Waals surface area contributed by atoms with E-state index in [4.69, 9.17) is 10.7 Å².